The average molecular weight is 293 g/mol. The highest BCUT2D eigenvalue weighted by Crippen LogP contribution is 2.26. The lowest BCUT2D eigenvalue weighted by Crippen LogP contribution is -2.39. The number of carbonyl (C=O) groups excluding carboxylic acids is 1. The molecule has 2 aliphatic rings. The monoisotopic (exact) mass is 293 g/mol. The van der Waals surface area contributed by atoms with Crippen LogP contribution < -0.4 is 0 Å². The summed E-state index contributed by atoms with van der Waals surface area (Å²) in [6.07, 6.45) is 5.97. The number of nitrogens with zero attached hydrogens (tertiary/aromatic N) is 3. The summed E-state index contributed by atoms with van der Waals surface area (Å²) >= 11 is 0. The van der Waals surface area contributed by atoms with Crippen LogP contribution in [-0.4, -0.2) is 46.7 Å². The molecular weight excluding hydrogens is 270 g/mol. The van der Waals surface area contributed by atoms with Crippen molar-refractivity contribution in [2.75, 3.05) is 19.7 Å². The molecule has 3 heterocycles. The van der Waals surface area contributed by atoms with Gasteiger partial charge in [-0.2, -0.15) is 4.98 Å². The minimum Gasteiger partial charge on any atom is -0.378 e. The maximum absolute atomic E-state index is 12.3. The molecule has 6 nitrogen and oxygen atoms in total. The van der Waals surface area contributed by atoms with Crippen LogP contribution in [0, 0.1) is 6.92 Å². The predicted molar refractivity (Wildman–Crippen MR) is 75.8 cm³/mol. The molecule has 0 bridgehead atoms. The minimum atomic E-state index is 0.211. The van der Waals surface area contributed by atoms with E-state index in [4.69, 9.17) is 9.26 Å². The molecule has 2 atom stereocenters. The predicted octanol–water partition coefficient (Wildman–Crippen LogP) is 2.04. The lowest BCUT2D eigenvalue weighted by molar-refractivity contribution is -0.133. The number of aryl methyl sites for hydroxylation is 1. The summed E-state index contributed by atoms with van der Waals surface area (Å²) in [5.41, 5.74) is 0. The first-order valence-electron chi connectivity index (χ1n) is 7.92. The highest BCUT2D eigenvalue weighted by atomic mass is 16.5. The van der Waals surface area contributed by atoms with Crippen LogP contribution >= 0.6 is 0 Å². The fraction of sp³-hybridized carbons (Fsp3) is 0.800. The highest BCUT2D eigenvalue weighted by molar-refractivity contribution is 5.76. The van der Waals surface area contributed by atoms with Crippen LogP contribution in [-0.2, 0) is 9.53 Å². The molecular formula is C15H23N3O3. The molecule has 1 amide bonds. The fourth-order valence-corrected chi connectivity index (χ4v) is 3.21. The van der Waals surface area contributed by atoms with Crippen LogP contribution in [0.4, 0.5) is 0 Å². The number of hydrogen-bond acceptors (Lipinski definition) is 5. The molecule has 116 valence electrons. The normalized spacial score (nSPS) is 26.2. The topological polar surface area (TPSA) is 68.5 Å². The van der Waals surface area contributed by atoms with Crippen molar-refractivity contribution in [3.8, 4) is 0 Å². The van der Waals surface area contributed by atoms with Crippen LogP contribution in [0.25, 0.3) is 0 Å². The van der Waals surface area contributed by atoms with Gasteiger partial charge in [-0.1, -0.05) is 5.16 Å². The van der Waals surface area contributed by atoms with Crippen LogP contribution in [0.3, 0.4) is 0 Å². The van der Waals surface area contributed by atoms with E-state index in [1.54, 1.807) is 6.92 Å². The first kappa shape index (κ1) is 14.5. The third kappa shape index (κ3) is 3.61. The number of carbonyl (C=O) groups is 1. The van der Waals surface area contributed by atoms with Gasteiger partial charge < -0.3 is 14.2 Å². The van der Waals surface area contributed by atoms with E-state index in [0.717, 1.165) is 51.1 Å². The summed E-state index contributed by atoms with van der Waals surface area (Å²) in [5.74, 6) is 1.77. The summed E-state index contributed by atoms with van der Waals surface area (Å²) in [6, 6.07) is 0. The molecule has 0 unspecified atom stereocenters. The second-order valence-corrected chi connectivity index (χ2v) is 6.02. The highest BCUT2D eigenvalue weighted by Gasteiger charge is 2.28. The van der Waals surface area contributed by atoms with Crippen molar-refractivity contribution in [2.24, 2.45) is 0 Å². The minimum absolute atomic E-state index is 0.211. The second kappa shape index (κ2) is 6.56. The number of aromatic nitrogens is 2. The Morgan fingerprint density at radius 3 is 3.00 bits per heavy atom. The van der Waals surface area contributed by atoms with Gasteiger partial charge in [-0.15, -0.1) is 0 Å². The lowest BCUT2D eigenvalue weighted by atomic mass is 9.97. The number of amides is 1. The van der Waals surface area contributed by atoms with E-state index < -0.39 is 0 Å². The van der Waals surface area contributed by atoms with Gasteiger partial charge in [0.1, 0.15) is 0 Å². The van der Waals surface area contributed by atoms with Gasteiger partial charge in [0.05, 0.1) is 6.10 Å². The van der Waals surface area contributed by atoms with Gasteiger partial charge in [-0.05, 0) is 32.1 Å². The Kier molecular flexibility index (Phi) is 4.53. The van der Waals surface area contributed by atoms with Gasteiger partial charge in [0.15, 0.2) is 5.82 Å². The Balaban J connectivity index is 1.51. The number of piperidine rings is 1. The van der Waals surface area contributed by atoms with Crippen molar-refractivity contribution in [1.82, 2.24) is 15.0 Å². The Labute approximate surface area is 124 Å². The average Bonchev–Trinajstić information content (AvgIpc) is 3.16. The van der Waals surface area contributed by atoms with Crippen LogP contribution in [0.1, 0.15) is 56.2 Å². The molecule has 2 aliphatic heterocycles. The molecule has 2 saturated heterocycles. The van der Waals surface area contributed by atoms with Crippen molar-refractivity contribution in [3.05, 3.63) is 11.7 Å². The number of rotatable bonds is 4. The first-order chi connectivity index (χ1) is 10.2. The Bertz CT molecular complexity index is 482. The van der Waals surface area contributed by atoms with E-state index in [2.05, 4.69) is 10.1 Å². The molecule has 1 aromatic rings. The molecule has 0 N–H and O–H groups in total. The molecule has 21 heavy (non-hydrogen) atoms. The molecule has 3 rings (SSSR count). The molecule has 1 aromatic heterocycles. The number of ether oxygens (including phenoxy) is 1. The van der Waals surface area contributed by atoms with Gasteiger partial charge in [-0.25, -0.2) is 0 Å². The van der Waals surface area contributed by atoms with Gasteiger partial charge in [0.2, 0.25) is 11.8 Å². The first-order valence-corrected chi connectivity index (χ1v) is 7.92. The van der Waals surface area contributed by atoms with Crippen molar-refractivity contribution in [2.45, 2.75) is 57.5 Å². The second-order valence-electron chi connectivity index (χ2n) is 6.02. The van der Waals surface area contributed by atoms with Crippen molar-refractivity contribution in [3.63, 3.8) is 0 Å². The zero-order valence-electron chi connectivity index (χ0n) is 12.6. The zero-order valence-corrected chi connectivity index (χ0v) is 12.6. The van der Waals surface area contributed by atoms with Gasteiger partial charge in [0.25, 0.3) is 0 Å². The smallest absolute Gasteiger partial charge is 0.223 e. The van der Waals surface area contributed by atoms with Crippen molar-refractivity contribution in [1.29, 1.82) is 0 Å². The van der Waals surface area contributed by atoms with Gasteiger partial charge in [-0.3, -0.25) is 4.79 Å². The number of likely N-dealkylation sites (tertiary alicyclic amines) is 1. The summed E-state index contributed by atoms with van der Waals surface area (Å²) in [5, 5.41) is 4.00. The maximum atomic E-state index is 12.3. The van der Waals surface area contributed by atoms with E-state index >= 15 is 0 Å². The Morgan fingerprint density at radius 1 is 1.38 bits per heavy atom. The van der Waals surface area contributed by atoms with Gasteiger partial charge >= 0.3 is 0 Å². The quantitative estimate of drug-likeness (QED) is 0.849. The third-order valence-corrected chi connectivity index (χ3v) is 4.39. The van der Waals surface area contributed by atoms with E-state index in [0.29, 0.717) is 18.9 Å². The van der Waals surface area contributed by atoms with Crippen LogP contribution in [0.15, 0.2) is 4.52 Å². The molecule has 0 saturated carbocycles. The summed E-state index contributed by atoms with van der Waals surface area (Å²) in [6.45, 7) is 4.20. The van der Waals surface area contributed by atoms with Crippen molar-refractivity contribution >= 4 is 5.91 Å². The zero-order chi connectivity index (χ0) is 14.7. The fourth-order valence-electron chi connectivity index (χ4n) is 3.21. The van der Waals surface area contributed by atoms with Crippen LogP contribution in [0.2, 0.25) is 0 Å². The van der Waals surface area contributed by atoms with Crippen LogP contribution in [0.5, 0.6) is 0 Å². The summed E-state index contributed by atoms with van der Waals surface area (Å²) in [4.78, 5) is 18.6. The Hall–Kier alpha value is -1.43. The molecule has 6 heteroatoms. The largest absolute Gasteiger partial charge is 0.378 e. The van der Waals surface area contributed by atoms with Crippen molar-refractivity contribution < 1.29 is 14.1 Å². The third-order valence-electron chi connectivity index (χ3n) is 4.39. The molecule has 0 spiro atoms. The van der Waals surface area contributed by atoms with Gasteiger partial charge in [0, 0.05) is 39.0 Å². The molecule has 0 aliphatic carbocycles. The molecule has 0 aromatic carbocycles. The SMILES string of the molecule is Cc1nc([C@H]2CCCN(C(=O)CC[C@H]3CCCO3)C2)no1. The number of hydrogen-bond donors (Lipinski definition) is 0. The van der Waals surface area contributed by atoms with E-state index in [-0.39, 0.29) is 17.9 Å². The van der Waals surface area contributed by atoms with E-state index in [1.807, 2.05) is 4.90 Å². The molecule has 0 radical (unpaired) electrons. The standard InChI is InChI=1S/C15H23N3O3/c1-11-16-15(17-21-11)12-4-2-8-18(10-12)14(19)7-6-13-5-3-9-20-13/h12-13H,2-10H2,1H3/t12-,13+/m0/s1. The summed E-state index contributed by atoms with van der Waals surface area (Å²) in [7, 11) is 0. The van der Waals surface area contributed by atoms with E-state index in [1.165, 1.54) is 0 Å². The molecule has 2 fully saturated rings. The lowest BCUT2D eigenvalue weighted by Gasteiger charge is -2.31. The van der Waals surface area contributed by atoms with E-state index in [9.17, 15) is 4.79 Å². The summed E-state index contributed by atoms with van der Waals surface area (Å²) < 4.78 is 10.6. The maximum Gasteiger partial charge on any atom is 0.223 e. The Morgan fingerprint density at radius 2 is 2.29 bits per heavy atom.